The minimum Gasteiger partial charge on any atom is -0.484 e. The second-order valence-corrected chi connectivity index (χ2v) is 4.36. The maximum Gasteiger partial charge on any atom is 0.333 e. The molecule has 0 aliphatic rings. The molecule has 0 aliphatic carbocycles. The minimum atomic E-state index is -0.458. The maximum absolute atomic E-state index is 11.2. The van der Waals surface area contributed by atoms with Crippen LogP contribution in [0.25, 0.3) is 0 Å². The number of benzene rings is 1. The second kappa shape index (κ2) is 6.00. The molecule has 0 aliphatic heterocycles. The summed E-state index contributed by atoms with van der Waals surface area (Å²) in [6.45, 7) is 3.95. The molecule has 0 radical (unpaired) electrons. The summed E-state index contributed by atoms with van der Waals surface area (Å²) in [5.41, 5.74) is 0.297. The third-order valence-electron chi connectivity index (χ3n) is 2.46. The van der Waals surface area contributed by atoms with Crippen molar-refractivity contribution in [2.75, 3.05) is 5.32 Å². The molecule has 1 heterocycles. The molecule has 0 unspecified atom stereocenters. The van der Waals surface area contributed by atoms with Gasteiger partial charge in [-0.15, -0.1) is 0 Å². The molecule has 2 rings (SSSR count). The molecule has 2 aromatic rings. The molecule has 20 heavy (non-hydrogen) atoms. The standard InChI is InChI=1S/C12H15N5O3/c1-8(2)20-10-5-3-4-9(12(10)17(18)19)13-6-11-14-7-15-16-11/h3-5,7-8,13H,6H2,1-2H3,(H,14,15,16). The fourth-order valence-corrected chi connectivity index (χ4v) is 1.70. The molecule has 1 aromatic heterocycles. The van der Waals surface area contributed by atoms with Crippen molar-refractivity contribution in [1.82, 2.24) is 15.2 Å². The summed E-state index contributed by atoms with van der Waals surface area (Å²) in [7, 11) is 0. The predicted molar refractivity (Wildman–Crippen MR) is 72.6 cm³/mol. The van der Waals surface area contributed by atoms with Gasteiger partial charge in [-0.3, -0.25) is 15.2 Å². The summed E-state index contributed by atoms with van der Waals surface area (Å²) in [5, 5.41) is 20.6. The molecule has 106 valence electrons. The van der Waals surface area contributed by atoms with Crippen LogP contribution in [-0.2, 0) is 6.54 Å². The first-order chi connectivity index (χ1) is 9.58. The van der Waals surface area contributed by atoms with E-state index in [1.165, 1.54) is 6.33 Å². The molecule has 0 spiro atoms. The van der Waals surface area contributed by atoms with E-state index in [9.17, 15) is 10.1 Å². The van der Waals surface area contributed by atoms with Crippen molar-refractivity contribution in [2.24, 2.45) is 0 Å². The fraction of sp³-hybridized carbons (Fsp3) is 0.333. The highest BCUT2D eigenvalue weighted by Gasteiger charge is 2.21. The van der Waals surface area contributed by atoms with Crippen LogP contribution >= 0.6 is 0 Å². The zero-order valence-electron chi connectivity index (χ0n) is 11.2. The Balaban J connectivity index is 2.24. The molecule has 0 amide bonds. The number of hydrogen-bond acceptors (Lipinski definition) is 6. The van der Waals surface area contributed by atoms with Gasteiger partial charge in [0.25, 0.3) is 0 Å². The monoisotopic (exact) mass is 277 g/mol. The van der Waals surface area contributed by atoms with Gasteiger partial charge in [0, 0.05) is 0 Å². The lowest BCUT2D eigenvalue weighted by atomic mass is 10.2. The van der Waals surface area contributed by atoms with Crippen LogP contribution in [0.3, 0.4) is 0 Å². The van der Waals surface area contributed by atoms with Gasteiger partial charge in [0.2, 0.25) is 0 Å². The van der Waals surface area contributed by atoms with Gasteiger partial charge in [0.15, 0.2) is 5.75 Å². The van der Waals surface area contributed by atoms with E-state index in [4.69, 9.17) is 4.74 Å². The van der Waals surface area contributed by atoms with E-state index >= 15 is 0 Å². The Hall–Kier alpha value is -2.64. The highest BCUT2D eigenvalue weighted by molar-refractivity contribution is 5.68. The zero-order valence-corrected chi connectivity index (χ0v) is 11.2. The number of nitrogens with zero attached hydrogens (tertiary/aromatic N) is 3. The van der Waals surface area contributed by atoms with Crippen LogP contribution in [0.15, 0.2) is 24.5 Å². The molecular formula is C12H15N5O3. The number of hydrogen-bond donors (Lipinski definition) is 2. The van der Waals surface area contributed by atoms with E-state index in [0.717, 1.165) is 0 Å². The predicted octanol–water partition coefficient (Wildman–Crippen LogP) is 2.11. The van der Waals surface area contributed by atoms with Crippen molar-refractivity contribution < 1.29 is 9.66 Å². The Labute approximate surface area is 115 Å². The zero-order chi connectivity index (χ0) is 14.5. The molecule has 8 heteroatoms. The molecule has 2 N–H and O–H groups in total. The first-order valence-electron chi connectivity index (χ1n) is 6.10. The third kappa shape index (κ3) is 3.22. The first kappa shape index (κ1) is 13.8. The van der Waals surface area contributed by atoms with Crippen molar-refractivity contribution in [3.63, 3.8) is 0 Å². The number of ether oxygens (including phenoxy) is 1. The molecular weight excluding hydrogens is 262 g/mol. The van der Waals surface area contributed by atoms with Crippen molar-refractivity contribution in [3.8, 4) is 5.75 Å². The van der Waals surface area contributed by atoms with Crippen LogP contribution < -0.4 is 10.1 Å². The first-order valence-corrected chi connectivity index (χ1v) is 6.10. The SMILES string of the molecule is CC(C)Oc1cccc(NCc2ncn[nH]2)c1[N+](=O)[O-]. The van der Waals surface area contributed by atoms with E-state index in [0.29, 0.717) is 18.1 Å². The van der Waals surface area contributed by atoms with Gasteiger partial charge in [0.1, 0.15) is 17.8 Å². The summed E-state index contributed by atoms with van der Waals surface area (Å²) in [6, 6.07) is 4.91. The Morgan fingerprint density at radius 2 is 2.30 bits per heavy atom. The van der Waals surface area contributed by atoms with Crippen molar-refractivity contribution in [3.05, 3.63) is 40.5 Å². The minimum absolute atomic E-state index is 0.0827. The summed E-state index contributed by atoms with van der Waals surface area (Å²) in [4.78, 5) is 14.7. The molecule has 8 nitrogen and oxygen atoms in total. The highest BCUT2D eigenvalue weighted by Crippen LogP contribution is 2.35. The Morgan fingerprint density at radius 3 is 2.90 bits per heavy atom. The molecule has 0 bridgehead atoms. The van der Waals surface area contributed by atoms with Crippen molar-refractivity contribution >= 4 is 11.4 Å². The van der Waals surface area contributed by atoms with E-state index in [-0.39, 0.29) is 17.5 Å². The Bertz CT molecular complexity index is 583. The van der Waals surface area contributed by atoms with Crippen LogP contribution in [0.5, 0.6) is 5.75 Å². The molecule has 0 atom stereocenters. The number of nitrogens with one attached hydrogen (secondary N) is 2. The summed E-state index contributed by atoms with van der Waals surface area (Å²) in [6.07, 6.45) is 1.24. The number of aromatic amines is 1. The van der Waals surface area contributed by atoms with Crippen LogP contribution in [-0.4, -0.2) is 26.2 Å². The van der Waals surface area contributed by atoms with Gasteiger partial charge in [-0.05, 0) is 26.0 Å². The average Bonchev–Trinajstić information content (AvgIpc) is 2.88. The van der Waals surface area contributed by atoms with Crippen LogP contribution in [0, 0.1) is 10.1 Å². The molecule has 0 saturated carbocycles. The third-order valence-corrected chi connectivity index (χ3v) is 2.46. The fourth-order valence-electron chi connectivity index (χ4n) is 1.70. The smallest absolute Gasteiger partial charge is 0.333 e. The number of nitro groups is 1. The van der Waals surface area contributed by atoms with Gasteiger partial charge in [-0.2, -0.15) is 5.10 Å². The largest absolute Gasteiger partial charge is 0.484 e. The number of H-pyrrole nitrogens is 1. The average molecular weight is 277 g/mol. The highest BCUT2D eigenvalue weighted by atomic mass is 16.6. The molecule has 0 saturated heterocycles. The lowest BCUT2D eigenvalue weighted by Crippen LogP contribution is -2.09. The second-order valence-electron chi connectivity index (χ2n) is 4.36. The van der Waals surface area contributed by atoms with Gasteiger partial charge < -0.3 is 10.1 Å². The number of aromatic nitrogens is 3. The number of nitro benzene ring substituents is 1. The van der Waals surface area contributed by atoms with Crippen LogP contribution in [0.2, 0.25) is 0 Å². The topological polar surface area (TPSA) is 106 Å². The summed E-state index contributed by atoms with van der Waals surface area (Å²) < 4.78 is 5.47. The number of para-hydroxylation sites is 1. The normalized spacial score (nSPS) is 10.6. The Morgan fingerprint density at radius 1 is 1.50 bits per heavy atom. The van der Waals surface area contributed by atoms with Crippen molar-refractivity contribution in [1.29, 1.82) is 0 Å². The summed E-state index contributed by atoms with van der Waals surface area (Å²) in [5.74, 6) is 0.835. The number of anilines is 1. The quantitative estimate of drug-likeness (QED) is 0.618. The van der Waals surface area contributed by atoms with Gasteiger partial charge >= 0.3 is 5.69 Å². The summed E-state index contributed by atoms with van der Waals surface area (Å²) >= 11 is 0. The Kier molecular flexibility index (Phi) is 4.14. The molecule has 1 aromatic carbocycles. The van der Waals surface area contributed by atoms with E-state index in [1.54, 1.807) is 18.2 Å². The van der Waals surface area contributed by atoms with Gasteiger partial charge in [-0.25, -0.2) is 4.98 Å². The van der Waals surface area contributed by atoms with Crippen LogP contribution in [0.1, 0.15) is 19.7 Å². The van der Waals surface area contributed by atoms with Gasteiger partial charge in [-0.1, -0.05) is 6.07 Å². The van der Waals surface area contributed by atoms with Crippen LogP contribution in [0.4, 0.5) is 11.4 Å². The van der Waals surface area contributed by atoms with E-state index < -0.39 is 4.92 Å². The lowest BCUT2D eigenvalue weighted by molar-refractivity contribution is -0.385. The van der Waals surface area contributed by atoms with E-state index in [1.807, 2.05) is 13.8 Å². The molecule has 0 fully saturated rings. The van der Waals surface area contributed by atoms with E-state index in [2.05, 4.69) is 20.5 Å². The number of rotatable bonds is 6. The van der Waals surface area contributed by atoms with Crippen molar-refractivity contribution in [2.45, 2.75) is 26.5 Å². The van der Waals surface area contributed by atoms with Gasteiger partial charge in [0.05, 0.1) is 17.6 Å². The maximum atomic E-state index is 11.2. The lowest BCUT2D eigenvalue weighted by Gasteiger charge is -2.12.